The van der Waals surface area contributed by atoms with Gasteiger partial charge in [-0.15, -0.1) is 0 Å². The van der Waals surface area contributed by atoms with Gasteiger partial charge in [0.15, 0.2) is 0 Å². The molecule has 0 bridgehead atoms. The molecular formula is C15H10N4. The lowest BCUT2D eigenvalue weighted by Crippen LogP contribution is -1.83. The number of hydrogen-bond acceptors (Lipinski definition) is 3. The molecule has 0 aliphatic carbocycles. The number of pyridine rings is 1. The molecule has 0 fully saturated rings. The number of aromatic amines is 1. The summed E-state index contributed by atoms with van der Waals surface area (Å²) in [6, 6.07) is 13.3. The first-order chi connectivity index (χ1) is 9.36. The summed E-state index contributed by atoms with van der Waals surface area (Å²) >= 11 is 0. The smallest absolute Gasteiger partial charge is 0.137 e. The quantitative estimate of drug-likeness (QED) is 0.755. The third kappa shape index (κ3) is 2.22. The summed E-state index contributed by atoms with van der Waals surface area (Å²) in [5.74, 6) is 0.746. The molecule has 0 radical (unpaired) electrons. The Morgan fingerprint density at radius 1 is 1.05 bits per heavy atom. The lowest BCUT2D eigenvalue weighted by molar-refractivity contribution is 1.29. The monoisotopic (exact) mass is 246 g/mol. The van der Waals surface area contributed by atoms with Gasteiger partial charge < -0.3 is 4.98 Å². The average molecular weight is 246 g/mol. The van der Waals surface area contributed by atoms with Gasteiger partial charge in [-0.2, -0.15) is 5.26 Å². The summed E-state index contributed by atoms with van der Waals surface area (Å²) in [6.07, 6.45) is 5.28. The van der Waals surface area contributed by atoms with Crippen molar-refractivity contribution in [2.45, 2.75) is 0 Å². The first-order valence-corrected chi connectivity index (χ1v) is 5.83. The molecular weight excluding hydrogens is 236 g/mol. The molecule has 0 aliphatic rings. The van der Waals surface area contributed by atoms with Crippen molar-refractivity contribution in [3.8, 4) is 28.7 Å². The van der Waals surface area contributed by atoms with Crippen LogP contribution < -0.4 is 0 Å². The summed E-state index contributed by atoms with van der Waals surface area (Å²) < 4.78 is 0. The van der Waals surface area contributed by atoms with Crippen LogP contribution >= 0.6 is 0 Å². The molecule has 2 heterocycles. The molecule has 90 valence electrons. The van der Waals surface area contributed by atoms with E-state index in [0.29, 0.717) is 5.56 Å². The van der Waals surface area contributed by atoms with E-state index >= 15 is 0 Å². The van der Waals surface area contributed by atoms with Crippen molar-refractivity contribution in [3.05, 3.63) is 60.6 Å². The first-order valence-electron chi connectivity index (χ1n) is 5.83. The second-order valence-electron chi connectivity index (χ2n) is 4.08. The Bertz CT molecular complexity index is 738. The number of benzene rings is 1. The van der Waals surface area contributed by atoms with Crippen molar-refractivity contribution < 1.29 is 0 Å². The predicted molar refractivity (Wildman–Crippen MR) is 72.0 cm³/mol. The van der Waals surface area contributed by atoms with Crippen LogP contribution in [-0.4, -0.2) is 15.0 Å². The number of imidazole rings is 1. The first kappa shape index (κ1) is 11.2. The molecule has 0 atom stereocenters. The van der Waals surface area contributed by atoms with Crippen LogP contribution in [0.15, 0.2) is 55.0 Å². The molecule has 0 saturated heterocycles. The van der Waals surface area contributed by atoms with E-state index in [4.69, 9.17) is 5.26 Å². The van der Waals surface area contributed by atoms with Gasteiger partial charge in [-0.05, 0) is 24.3 Å². The van der Waals surface area contributed by atoms with Gasteiger partial charge in [0, 0.05) is 23.5 Å². The number of nitrogens with zero attached hydrogens (tertiary/aromatic N) is 3. The fraction of sp³-hybridized carbons (Fsp3) is 0. The molecule has 0 spiro atoms. The third-order valence-electron chi connectivity index (χ3n) is 2.81. The number of nitrogens with one attached hydrogen (secondary N) is 1. The highest BCUT2D eigenvalue weighted by Gasteiger charge is 2.05. The number of hydrogen-bond donors (Lipinski definition) is 1. The van der Waals surface area contributed by atoms with Crippen LogP contribution in [0.4, 0.5) is 0 Å². The Labute approximate surface area is 110 Å². The molecule has 1 N–H and O–H groups in total. The summed E-state index contributed by atoms with van der Waals surface area (Å²) in [5.41, 5.74) is 3.41. The van der Waals surface area contributed by atoms with E-state index in [9.17, 15) is 0 Å². The van der Waals surface area contributed by atoms with Crippen molar-refractivity contribution in [3.63, 3.8) is 0 Å². The van der Waals surface area contributed by atoms with Crippen molar-refractivity contribution in [1.29, 1.82) is 5.26 Å². The van der Waals surface area contributed by atoms with E-state index in [2.05, 4.69) is 21.0 Å². The molecule has 2 aromatic heterocycles. The maximum absolute atomic E-state index is 8.90. The second kappa shape index (κ2) is 4.75. The Morgan fingerprint density at radius 3 is 2.74 bits per heavy atom. The molecule has 19 heavy (non-hydrogen) atoms. The van der Waals surface area contributed by atoms with Crippen LogP contribution in [0.25, 0.3) is 22.6 Å². The maximum Gasteiger partial charge on any atom is 0.137 e. The summed E-state index contributed by atoms with van der Waals surface area (Å²) in [5, 5.41) is 8.90. The predicted octanol–water partition coefficient (Wildman–Crippen LogP) is 3.01. The average Bonchev–Trinajstić information content (AvgIpc) is 2.98. The van der Waals surface area contributed by atoms with Gasteiger partial charge >= 0.3 is 0 Å². The van der Waals surface area contributed by atoms with Crippen LogP contribution in [0.3, 0.4) is 0 Å². The number of rotatable bonds is 2. The fourth-order valence-corrected chi connectivity index (χ4v) is 1.87. The highest BCUT2D eigenvalue weighted by atomic mass is 14.9. The van der Waals surface area contributed by atoms with Crippen molar-refractivity contribution >= 4 is 0 Å². The zero-order valence-electron chi connectivity index (χ0n) is 10.0. The van der Waals surface area contributed by atoms with E-state index in [0.717, 1.165) is 22.6 Å². The summed E-state index contributed by atoms with van der Waals surface area (Å²) in [4.78, 5) is 11.7. The SMILES string of the molecule is N#Cc1cccc(-c2ncc(-c3cccnc3)[nH]2)c1. The number of aromatic nitrogens is 3. The van der Waals surface area contributed by atoms with Crippen LogP contribution in [0.2, 0.25) is 0 Å². The Kier molecular flexibility index (Phi) is 2.79. The topological polar surface area (TPSA) is 65.4 Å². The fourth-order valence-electron chi connectivity index (χ4n) is 1.87. The molecule has 3 rings (SSSR count). The van der Waals surface area contributed by atoms with E-state index in [1.807, 2.05) is 30.3 Å². The lowest BCUT2D eigenvalue weighted by atomic mass is 10.1. The number of H-pyrrole nitrogens is 1. The van der Waals surface area contributed by atoms with Crippen molar-refractivity contribution in [2.75, 3.05) is 0 Å². The molecule has 3 aromatic rings. The highest BCUT2D eigenvalue weighted by Crippen LogP contribution is 2.21. The minimum Gasteiger partial charge on any atom is -0.338 e. The Balaban J connectivity index is 2.00. The van der Waals surface area contributed by atoms with Crippen LogP contribution in [0.1, 0.15) is 5.56 Å². The van der Waals surface area contributed by atoms with E-state index in [1.54, 1.807) is 24.7 Å². The van der Waals surface area contributed by atoms with Crippen LogP contribution in [-0.2, 0) is 0 Å². The van der Waals surface area contributed by atoms with Crippen molar-refractivity contribution in [2.24, 2.45) is 0 Å². The molecule has 0 amide bonds. The molecule has 1 aromatic carbocycles. The van der Waals surface area contributed by atoms with Crippen LogP contribution in [0, 0.1) is 11.3 Å². The Hall–Kier alpha value is -2.93. The van der Waals surface area contributed by atoms with Gasteiger partial charge in [0.2, 0.25) is 0 Å². The highest BCUT2D eigenvalue weighted by molar-refractivity contribution is 5.64. The molecule has 4 heteroatoms. The lowest BCUT2D eigenvalue weighted by Gasteiger charge is -1.98. The van der Waals surface area contributed by atoms with Gasteiger partial charge in [-0.25, -0.2) is 4.98 Å². The Morgan fingerprint density at radius 2 is 1.95 bits per heavy atom. The van der Waals surface area contributed by atoms with E-state index in [1.165, 1.54) is 0 Å². The van der Waals surface area contributed by atoms with Gasteiger partial charge in [0.25, 0.3) is 0 Å². The van der Waals surface area contributed by atoms with Crippen molar-refractivity contribution in [1.82, 2.24) is 15.0 Å². The molecule has 4 nitrogen and oxygen atoms in total. The minimum atomic E-state index is 0.622. The van der Waals surface area contributed by atoms with Gasteiger partial charge in [-0.1, -0.05) is 12.1 Å². The normalized spacial score (nSPS) is 10.1. The maximum atomic E-state index is 8.90. The van der Waals surface area contributed by atoms with Gasteiger partial charge in [0.1, 0.15) is 5.82 Å². The van der Waals surface area contributed by atoms with Crippen LogP contribution in [0.5, 0.6) is 0 Å². The molecule has 0 saturated carbocycles. The standard InChI is InChI=1S/C15H10N4/c16-8-11-3-1-4-12(7-11)15-18-10-14(19-15)13-5-2-6-17-9-13/h1-7,9-10H,(H,18,19). The minimum absolute atomic E-state index is 0.622. The summed E-state index contributed by atoms with van der Waals surface area (Å²) in [7, 11) is 0. The third-order valence-corrected chi connectivity index (χ3v) is 2.81. The van der Waals surface area contributed by atoms with Gasteiger partial charge in [-0.3, -0.25) is 4.98 Å². The second-order valence-corrected chi connectivity index (χ2v) is 4.08. The molecule has 0 unspecified atom stereocenters. The zero-order valence-corrected chi connectivity index (χ0v) is 10.0. The van der Waals surface area contributed by atoms with E-state index < -0.39 is 0 Å². The largest absolute Gasteiger partial charge is 0.338 e. The summed E-state index contributed by atoms with van der Waals surface area (Å²) in [6.45, 7) is 0. The molecule has 0 aliphatic heterocycles. The van der Waals surface area contributed by atoms with E-state index in [-0.39, 0.29) is 0 Å². The zero-order chi connectivity index (χ0) is 13.1. The van der Waals surface area contributed by atoms with Gasteiger partial charge in [0.05, 0.1) is 23.5 Å². The number of nitriles is 1.